The quantitative estimate of drug-likeness (QED) is 0.482. The van der Waals surface area contributed by atoms with Gasteiger partial charge in [-0.25, -0.2) is 4.68 Å². The van der Waals surface area contributed by atoms with Gasteiger partial charge in [-0.2, -0.15) is 5.10 Å². The van der Waals surface area contributed by atoms with Crippen LogP contribution in [0.3, 0.4) is 0 Å². The SMILES string of the molecule is CCCCCn1nc(C(=O)N(C)CCOc2cc(C)cc(C)c2)c2ccccc2c1=O. The Kier molecular flexibility index (Phi) is 7.45. The first-order valence-electron chi connectivity index (χ1n) is 10.9. The summed E-state index contributed by atoms with van der Waals surface area (Å²) in [6.45, 7) is 7.47. The lowest BCUT2D eigenvalue weighted by molar-refractivity contribution is 0.0767. The van der Waals surface area contributed by atoms with Gasteiger partial charge in [-0.05, 0) is 49.6 Å². The molecule has 2 aromatic carbocycles. The molecular formula is C25H31N3O3. The summed E-state index contributed by atoms with van der Waals surface area (Å²) in [5.74, 6) is 0.580. The lowest BCUT2D eigenvalue weighted by Crippen LogP contribution is -2.34. The molecule has 1 aromatic heterocycles. The lowest BCUT2D eigenvalue weighted by atomic mass is 10.1. The van der Waals surface area contributed by atoms with Crippen molar-refractivity contribution < 1.29 is 9.53 Å². The molecule has 0 saturated heterocycles. The monoisotopic (exact) mass is 421 g/mol. The fraction of sp³-hybridized carbons (Fsp3) is 0.400. The van der Waals surface area contributed by atoms with Crippen LogP contribution < -0.4 is 10.3 Å². The number of rotatable bonds is 9. The highest BCUT2D eigenvalue weighted by molar-refractivity contribution is 6.04. The van der Waals surface area contributed by atoms with Crippen molar-refractivity contribution in [1.82, 2.24) is 14.7 Å². The summed E-state index contributed by atoms with van der Waals surface area (Å²) >= 11 is 0. The predicted octanol–water partition coefficient (Wildman–Crippen LogP) is 4.35. The molecule has 6 nitrogen and oxygen atoms in total. The third-order valence-electron chi connectivity index (χ3n) is 5.28. The minimum atomic E-state index is -0.218. The summed E-state index contributed by atoms with van der Waals surface area (Å²) < 4.78 is 7.29. The molecule has 1 amide bonds. The maximum atomic E-state index is 13.2. The zero-order valence-electron chi connectivity index (χ0n) is 18.9. The van der Waals surface area contributed by atoms with Gasteiger partial charge in [0.2, 0.25) is 0 Å². The van der Waals surface area contributed by atoms with E-state index in [-0.39, 0.29) is 11.5 Å². The molecule has 0 spiro atoms. The minimum Gasteiger partial charge on any atom is -0.492 e. The lowest BCUT2D eigenvalue weighted by Gasteiger charge is -2.19. The van der Waals surface area contributed by atoms with Gasteiger partial charge < -0.3 is 9.64 Å². The normalized spacial score (nSPS) is 11.0. The van der Waals surface area contributed by atoms with Gasteiger partial charge in [0.1, 0.15) is 12.4 Å². The number of benzene rings is 2. The molecule has 164 valence electrons. The van der Waals surface area contributed by atoms with E-state index in [2.05, 4.69) is 18.1 Å². The Hall–Kier alpha value is -3.15. The van der Waals surface area contributed by atoms with Crippen molar-refractivity contribution in [3.8, 4) is 5.75 Å². The van der Waals surface area contributed by atoms with E-state index < -0.39 is 0 Å². The molecule has 1 heterocycles. The maximum absolute atomic E-state index is 13.2. The minimum absolute atomic E-state index is 0.149. The van der Waals surface area contributed by atoms with Gasteiger partial charge in [-0.3, -0.25) is 9.59 Å². The van der Waals surface area contributed by atoms with Crippen molar-refractivity contribution in [3.63, 3.8) is 0 Å². The summed E-state index contributed by atoms with van der Waals surface area (Å²) in [6.07, 6.45) is 2.92. The highest BCUT2D eigenvalue weighted by Gasteiger charge is 2.20. The zero-order chi connectivity index (χ0) is 22.4. The molecule has 3 rings (SSSR count). The van der Waals surface area contributed by atoms with Crippen LogP contribution in [0.5, 0.6) is 5.75 Å². The van der Waals surface area contributed by atoms with Crippen molar-refractivity contribution in [2.24, 2.45) is 0 Å². The second-order valence-corrected chi connectivity index (χ2v) is 8.03. The Labute approximate surface area is 183 Å². The van der Waals surface area contributed by atoms with Gasteiger partial charge in [0.25, 0.3) is 11.5 Å². The Bertz CT molecular complexity index is 1100. The molecule has 0 bridgehead atoms. The fourth-order valence-corrected chi connectivity index (χ4v) is 3.66. The van der Waals surface area contributed by atoms with E-state index in [1.807, 2.05) is 38.1 Å². The van der Waals surface area contributed by atoms with Gasteiger partial charge in [0, 0.05) is 19.0 Å². The number of carbonyl (C=O) groups excluding carboxylic acids is 1. The summed E-state index contributed by atoms with van der Waals surface area (Å²) in [5.41, 5.74) is 2.44. The number of carbonyl (C=O) groups is 1. The summed E-state index contributed by atoms with van der Waals surface area (Å²) in [4.78, 5) is 27.6. The molecule has 0 atom stereocenters. The molecule has 0 unspecified atom stereocenters. The predicted molar refractivity (Wildman–Crippen MR) is 124 cm³/mol. The molecule has 0 fully saturated rings. The van der Waals surface area contributed by atoms with E-state index in [4.69, 9.17) is 4.74 Å². The van der Waals surface area contributed by atoms with Crippen molar-refractivity contribution in [2.75, 3.05) is 20.2 Å². The Morgan fingerprint density at radius 3 is 2.42 bits per heavy atom. The van der Waals surface area contributed by atoms with Crippen LogP contribution >= 0.6 is 0 Å². The van der Waals surface area contributed by atoms with Gasteiger partial charge in [0.15, 0.2) is 5.69 Å². The molecule has 0 radical (unpaired) electrons. The largest absolute Gasteiger partial charge is 0.492 e. The first kappa shape index (κ1) is 22.5. The van der Waals surface area contributed by atoms with Crippen molar-refractivity contribution in [3.05, 3.63) is 69.6 Å². The molecule has 0 saturated carbocycles. The standard InChI is InChI=1S/C25H31N3O3/c1-5-6-9-12-28-24(29)22-11-8-7-10-21(22)23(26-28)25(30)27(4)13-14-31-20-16-18(2)15-19(3)17-20/h7-8,10-11,15-17H,5-6,9,12-14H2,1-4H3. The number of unbranched alkanes of at least 4 members (excludes halogenated alkanes) is 2. The second-order valence-electron chi connectivity index (χ2n) is 8.03. The molecule has 0 aliphatic heterocycles. The van der Waals surface area contributed by atoms with Gasteiger partial charge in [-0.1, -0.05) is 44.0 Å². The molecule has 6 heteroatoms. The van der Waals surface area contributed by atoms with Crippen LogP contribution in [0.1, 0.15) is 47.8 Å². The number of ether oxygens (including phenoxy) is 1. The van der Waals surface area contributed by atoms with Gasteiger partial charge in [-0.15, -0.1) is 0 Å². The first-order chi connectivity index (χ1) is 14.9. The maximum Gasteiger partial charge on any atom is 0.274 e. The third kappa shape index (κ3) is 5.51. The van der Waals surface area contributed by atoms with Crippen LogP contribution in [0.2, 0.25) is 0 Å². The summed E-state index contributed by atoms with van der Waals surface area (Å²) in [6, 6.07) is 13.2. The van der Waals surface area contributed by atoms with Gasteiger partial charge in [0.05, 0.1) is 11.9 Å². The van der Waals surface area contributed by atoms with Crippen molar-refractivity contribution in [1.29, 1.82) is 0 Å². The number of nitrogens with zero attached hydrogens (tertiary/aromatic N) is 3. The van der Waals surface area contributed by atoms with E-state index in [1.165, 1.54) is 4.68 Å². The molecular weight excluding hydrogens is 390 g/mol. The first-order valence-corrected chi connectivity index (χ1v) is 10.9. The van der Waals surface area contributed by atoms with E-state index in [1.54, 1.807) is 24.1 Å². The molecule has 3 aromatic rings. The highest BCUT2D eigenvalue weighted by Crippen LogP contribution is 2.17. The van der Waals surface area contributed by atoms with Crippen LogP contribution in [0.4, 0.5) is 0 Å². The fourth-order valence-electron chi connectivity index (χ4n) is 3.66. The van der Waals surface area contributed by atoms with Crippen LogP contribution in [-0.4, -0.2) is 40.8 Å². The Morgan fingerprint density at radius 1 is 1.06 bits per heavy atom. The summed E-state index contributed by atoms with van der Waals surface area (Å²) in [5, 5.41) is 5.57. The number of hydrogen-bond donors (Lipinski definition) is 0. The number of amides is 1. The topological polar surface area (TPSA) is 64.4 Å². The van der Waals surface area contributed by atoms with Crippen molar-refractivity contribution in [2.45, 2.75) is 46.6 Å². The number of hydrogen-bond acceptors (Lipinski definition) is 4. The Balaban J connectivity index is 1.78. The second kappa shape index (κ2) is 10.2. The third-order valence-corrected chi connectivity index (χ3v) is 5.28. The van der Waals surface area contributed by atoms with E-state index >= 15 is 0 Å². The number of aryl methyl sites for hydroxylation is 3. The smallest absolute Gasteiger partial charge is 0.274 e. The number of likely N-dealkylation sites (N-methyl/N-ethyl adjacent to an activating group) is 1. The van der Waals surface area contributed by atoms with Crippen molar-refractivity contribution >= 4 is 16.7 Å². The van der Waals surface area contributed by atoms with E-state index in [0.717, 1.165) is 36.1 Å². The van der Waals surface area contributed by atoms with Crippen LogP contribution in [-0.2, 0) is 6.54 Å². The zero-order valence-corrected chi connectivity index (χ0v) is 18.9. The van der Waals surface area contributed by atoms with Crippen LogP contribution in [0, 0.1) is 13.8 Å². The highest BCUT2D eigenvalue weighted by atomic mass is 16.5. The van der Waals surface area contributed by atoms with Crippen LogP contribution in [0.15, 0.2) is 47.3 Å². The number of aromatic nitrogens is 2. The molecule has 0 aliphatic carbocycles. The summed E-state index contributed by atoms with van der Waals surface area (Å²) in [7, 11) is 1.73. The molecule has 31 heavy (non-hydrogen) atoms. The number of fused-ring (bicyclic) bond motifs is 1. The Morgan fingerprint density at radius 2 is 1.74 bits per heavy atom. The van der Waals surface area contributed by atoms with Gasteiger partial charge >= 0.3 is 0 Å². The molecule has 0 aliphatic rings. The average molecular weight is 422 g/mol. The molecule has 0 N–H and O–H groups in total. The van der Waals surface area contributed by atoms with E-state index in [0.29, 0.717) is 36.2 Å². The van der Waals surface area contributed by atoms with E-state index in [9.17, 15) is 9.59 Å². The average Bonchev–Trinajstić information content (AvgIpc) is 2.74. The van der Waals surface area contributed by atoms with Crippen LogP contribution in [0.25, 0.3) is 10.8 Å².